The van der Waals surface area contributed by atoms with E-state index in [0.29, 0.717) is 11.4 Å². The lowest BCUT2D eigenvalue weighted by molar-refractivity contribution is 0.581. The SMILES string of the molecule is Cc1cc(C)c(C(N)=S)c(Nc2cc(Br)c(F)cc2F)n1. The second-order valence-corrected chi connectivity index (χ2v) is 5.83. The second-order valence-electron chi connectivity index (χ2n) is 4.54. The maximum Gasteiger partial charge on any atom is 0.149 e. The third-order valence-electron chi connectivity index (χ3n) is 2.85. The molecular weight excluding hydrogens is 360 g/mol. The van der Waals surface area contributed by atoms with Crippen LogP contribution in [0.15, 0.2) is 22.7 Å². The Hall–Kier alpha value is -1.60. The first-order chi connectivity index (χ1) is 9.79. The van der Waals surface area contributed by atoms with Crippen LogP contribution in [0.4, 0.5) is 20.3 Å². The zero-order chi connectivity index (χ0) is 15.7. The van der Waals surface area contributed by atoms with Crippen LogP contribution >= 0.6 is 28.1 Å². The summed E-state index contributed by atoms with van der Waals surface area (Å²) in [6.07, 6.45) is 0. The normalized spacial score (nSPS) is 10.5. The van der Waals surface area contributed by atoms with E-state index in [9.17, 15) is 8.78 Å². The van der Waals surface area contributed by atoms with E-state index < -0.39 is 11.6 Å². The molecule has 0 fully saturated rings. The van der Waals surface area contributed by atoms with Crippen molar-refractivity contribution in [1.29, 1.82) is 0 Å². The third kappa shape index (κ3) is 3.36. The molecule has 0 saturated carbocycles. The smallest absolute Gasteiger partial charge is 0.149 e. The molecule has 0 bridgehead atoms. The first-order valence-corrected chi connectivity index (χ1v) is 7.19. The number of benzene rings is 1. The van der Waals surface area contributed by atoms with Gasteiger partial charge in [-0.25, -0.2) is 13.8 Å². The van der Waals surface area contributed by atoms with Crippen molar-refractivity contribution in [3.8, 4) is 0 Å². The summed E-state index contributed by atoms with van der Waals surface area (Å²) in [7, 11) is 0. The summed E-state index contributed by atoms with van der Waals surface area (Å²) in [4.78, 5) is 4.45. The average Bonchev–Trinajstić information content (AvgIpc) is 2.34. The summed E-state index contributed by atoms with van der Waals surface area (Å²) in [5.41, 5.74) is 7.88. The number of thiocarbonyl (C=S) groups is 1. The molecule has 3 N–H and O–H groups in total. The van der Waals surface area contributed by atoms with Crippen molar-refractivity contribution in [2.75, 3.05) is 5.32 Å². The molecule has 0 saturated heterocycles. The summed E-state index contributed by atoms with van der Waals surface area (Å²) in [6.45, 7) is 3.64. The maximum absolute atomic E-state index is 13.8. The lowest BCUT2D eigenvalue weighted by Crippen LogP contribution is -2.15. The van der Waals surface area contributed by atoms with Crippen LogP contribution in [0, 0.1) is 25.5 Å². The van der Waals surface area contributed by atoms with Gasteiger partial charge in [-0.1, -0.05) is 12.2 Å². The zero-order valence-electron chi connectivity index (χ0n) is 11.3. The van der Waals surface area contributed by atoms with Gasteiger partial charge in [-0.15, -0.1) is 0 Å². The molecule has 0 aliphatic carbocycles. The monoisotopic (exact) mass is 371 g/mol. The predicted molar refractivity (Wildman–Crippen MR) is 86.9 cm³/mol. The number of aromatic nitrogens is 1. The van der Waals surface area contributed by atoms with E-state index in [1.807, 2.05) is 13.0 Å². The lowest BCUT2D eigenvalue weighted by Gasteiger charge is -2.14. The second kappa shape index (κ2) is 6.03. The van der Waals surface area contributed by atoms with Gasteiger partial charge in [-0.3, -0.25) is 0 Å². The molecule has 0 atom stereocenters. The van der Waals surface area contributed by atoms with Gasteiger partial charge < -0.3 is 11.1 Å². The highest BCUT2D eigenvalue weighted by Crippen LogP contribution is 2.28. The highest BCUT2D eigenvalue weighted by Gasteiger charge is 2.15. The number of nitrogens with zero attached hydrogens (tertiary/aromatic N) is 1. The minimum atomic E-state index is -0.731. The van der Waals surface area contributed by atoms with Crippen molar-refractivity contribution >= 4 is 44.6 Å². The molecule has 2 rings (SSSR count). The zero-order valence-corrected chi connectivity index (χ0v) is 13.7. The molecular formula is C14H12BrF2N3S. The van der Waals surface area contributed by atoms with E-state index in [4.69, 9.17) is 18.0 Å². The topological polar surface area (TPSA) is 50.9 Å². The maximum atomic E-state index is 13.8. The largest absolute Gasteiger partial charge is 0.389 e. The van der Waals surface area contributed by atoms with E-state index in [-0.39, 0.29) is 15.1 Å². The number of hydrogen-bond donors (Lipinski definition) is 2. The van der Waals surface area contributed by atoms with Crippen LogP contribution in [0.1, 0.15) is 16.8 Å². The summed E-state index contributed by atoms with van der Waals surface area (Å²) in [5.74, 6) is -1.07. The van der Waals surface area contributed by atoms with Gasteiger partial charge in [0.25, 0.3) is 0 Å². The number of anilines is 2. The molecule has 1 heterocycles. The van der Waals surface area contributed by atoms with Gasteiger partial charge in [0.1, 0.15) is 22.4 Å². The highest BCUT2D eigenvalue weighted by atomic mass is 79.9. The Balaban J connectivity index is 2.54. The molecule has 2 aromatic rings. The van der Waals surface area contributed by atoms with Crippen molar-refractivity contribution in [3.63, 3.8) is 0 Å². The molecule has 0 aliphatic rings. The molecule has 0 unspecified atom stereocenters. The van der Waals surface area contributed by atoms with Gasteiger partial charge in [-0.2, -0.15) is 0 Å². The molecule has 0 radical (unpaired) electrons. The van der Waals surface area contributed by atoms with E-state index in [0.717, 1.165) is 17.3 Å². The molecule has 0 aliphatic heterocycles. The molecule has 7 heteroatoms. The number of halogens is 3. The Morgan fingerprint density at radius 1 is 1.24 bits per heavy atom. The van der Waals surface area contributed by atoms with Crippen LogP contribution < -0.4 is 11.1 Å². The van der Waals surface area contributed by atoms with Crippen molar-refractivity contribution in [2.45, 2.75) is 13.8 Å². The Kier molecular flexibility index (Phi) is 4.53. The molecule has 0 amide bonds. The number of pyridine rings is 1. The lowest BCUT2D eigenvalue weighted by atomic mass is 10.1. The summed E-state index contributed by atoms with van der Waals surface area (Å²) in [6, 6.07) is 3.92. The Morgan fingerprint density at radius 2 is 1.90 bits per heavy atom. The van der Waals surface area contributed by atoms with Crippen molar-refractivity contribution in [1.82, 2.24) is 4.98 Å². The summed E-state index contributed by atoms with van der Waals surface area (Å²) < 4.78 is 27.2. The van der Waals surface area contributed by atoms with Crippen molar-refractivity contribution < 1.29 is 8.78 Å². The van der Waals surface area contributed by atoms with Gasteiger partial charge in [0.15, 0.2) is 0 Å². The van der Waals surface area contributed by atoms with Gasteiger partial charge >= 0.3 is 0 Å². The van der Waals surface area contributed by atoms with Crippen LogP contribution in [0.2, 0.25) is 0 Å². The minimum Gasteiger partial charge on any atom is -0.389 e. The van der Waals surface area contributed by atoms with Gasteiger partial charge in [-0.05, 0) is 47.5 Å². The first-order valence-electron chi connectivity index (χ1n) is 5.99. The first kappa shape index (κ1) is 15.8. The number of nitrogens with one attached hydrogen (secondary N) is 1. The number of hydrogen-bond acceptors (Lipinski definition) is 3. The van der Waals surface area contributed by atoms with E-state index in [1.165, 1.54) is 6.07 Å². The molecule has 21 heavy (non-hydrogen) atoms. The van der Waals surface area contributed by atoms with Crippen LogP contribution in [0.25, 0.3) is 0 Å². The molecule has 110 valence electrons. The fourth-order valence-electron chi connectivity index (χ4n) is 1.98. The van der Waals surface area contributed by atoms with Crippen LogP contribution in [0.3, 0.4) is 0 Å². The quantitative estimate of drug-likeness (QED) is 0.629. The van der Waals surface area contributed by atoms with Crippen LogP contribution in [-0.2, 0) is 0 Å². The van der Waals surface area contributed by atoms with Gasteiger partial charge in [0.05, 0.1) is 15.7 Å². The molecule has 3 nitrogen and oxygen atoms in total. The van der Waals surface area contributed by atoms with Gasteiger partial charge in [0, 0.05) is 11.8 Å². The van der Waals surface area contributed by atoms with E-state index in [2.05, 4.69) is 26.2 Å². The highest BCUT2D eigenvalue weighted by molar-refractivity contribution is 9.10. The minimum absolute atomic E-state index is 0.0817. The molecule has 0 spiro atoms. The fourth-order valence-corrected chi connectivity index (χ4v) is 2.59. The van der Waals surface area contributed by atoms with Crippen LogP contribution in [0.5, 0.6) is 0 Å². The number of rotatable bonds is 3. The third-order valence-corrected chi connectivity index (χ3v) is 3.67. The molecule has 1 aromatic carbocycles. The van der Waals surface area contributed by atoms with Gasteiger partial charge in [0.2, 0.25) is 0 Å². The fraction of sp³-hybridized carbons (Fsp3) is 0.143. The summed E-state index contributed by atoms with van der Waals surface area (Å²) in [5, 5.41) is 2.82. The van der Waals surface area contributed by atoms with Crippen molar-refractivity contribution in [2.24, 2.45) is 5.73 Å². The Bertz CT molecular complexity index is 735. The van der Waals surface area contributed by atoms with E-state index >= 15 is 0 Å². The Morgan fingerprint density at radius 3 is 2.52 bits per heavy atom. The standard InChI is InChI=1S/C14H12BrF2N3S/c1-6-3-7(2)19-14(12(6)13(18)21)20-11-4-8(15)9(16)5-10(11)17/h3-5H,1-2H3,(H2,18,21)(H,19,20). The Labute approximate surface area is 134 Å². The average molecular weight is 372 g/mol. The van der Waals surface area contributed by atoms with E-state index in [1.54, 1.807) is 6.92 Å². The number of aryl methyl sites for hydroxylation is 2. The van der Waals surface area contributed by atoms with Crippen LogP contribution in [-0.4, -0.2) is 9.97 Å². The summed E-state index contributed by atoms with van der Waals surface area (Å²) >= 11 is 8.03. The molecule has 1 aromatic heterocycles. The van der Waals surface area contributed by atoms with Crippen molar-refractivity contribution in [3.05, 3.63) is 51.1 Å². The predicted octanol–water partition coefficient (Wildman–Crippen LogP) is 4.12. The number of nitrogens with two attached hydrogens (primary N) is 1.